The first kappa shape index (κ1) is 15.3. The van der Waals surface area contributed by atoms with Crippen molar-refractivity contribution in [1.29, 1.82) is 0 Å². The average molecular weight is 263 g/mol. The molecular weight excluding hydrogens is 238 g/mol. The second-order valence-electron chi connectivity index (χ2n) is 4.94. The van der Waals surface area contributed by atoms with Crippen LogP contribution < -0.4 is 5.32 Å². The Morgan fingerprint density at radius 1 is 1.44 bits per heavy atom. The average Bonchev–Trinajstić information content (AvgIpc) is 2.32. The zero-order valence-electron chi connectivity index (χ0n) is 11.8. The standard InChI is InChI=1S/C16H25NS/c1-5-9-17-15(10-13(2)3)12-18-16-8-6-7-14(4)11-16/h6-8,11,15,17H,2,5,9-10,12H2,1,3-4H3. The summed E-state index contributed by atoms with van der Waals surface area (Å²) >= 11 is 1.93. The van der Waals surface area contributed by atoms with E-state index in [-0.39, 0.29) is 0 Å². The molecule has 0 radical (unpaired) electrons. The number of nitrogens with one attached hydrogen (secondary N) is 1. The van der Waals surface area contributed by atoms with E-state index in [1.807, 2.05) is 11.8 Å². The normalized spacial score (nSPS) is 12.4. The van der Waals surface area contributed by atoms with Crippen molar-refractivity contribution in [2.75, 3.05) is 12.3 Å². The summed E-state index contributed by atoms with van der Waals surface area (Å²) in [5.41, 5.74) is 2.59. The molecule has 0 spiro atoms. The van der Waals surface area contributed by atoms with E-state index in [2.05, 4.69) is 56.9 Å². The molecule has 0 aromatic heterocycles. The van der Waals surface area contributed by atoms with E-state index in [0.29, 0.717) is 6.04 Å². The van der Waals surface area contributed by atoms with E-state index >= 15 is 0 Å². The first-order valence-corrected chi connectivity index (χ1v) is 7.67. The fourth-order valence-electron chi connectivity index (χ4n) is 1.86. The highest BCUT2D eigenvalue weighted by Gasteiger charge is 2.08. The van der Waals surface area contributed by atoms with Gasteiger partial charge in [0.15, 0.2) is 0 Å². The van der Waals surface area contributed by atoms with E-state index in [1.165, 1.54) is 22.5 Å². The molecule has 0 heterocycles. The quantitative estimate of drug-likeness (QED) is 0.550. The van der Waals surface area contributed by atoms with Crippen LogP contribution in [0.5, 0.6) is 0 Å². The number of rotatable bonds is 8. The molecule has 1 unspecified atom stereocenters. The maximum Gasteiger partial charge on any atom is 0.0198 e. The van der Waals surface area contributed by atoms with Crippen LogP contribution in [0.4, 0.5) is 0 Å². The summed E-state index contributed by atoms with van der Waals surface area (Å²) in [5, 5.41) is 3.60. The Kier molecular flexibility index (Phi) is 7.14. The van der Waals surface area contributed by atoms with Crippen LogP contribution in [-0.2, 0) is 0 Å². The lowest BCUT2D eigenvalue weighted by Gasteiger charge is -2.18. The third-order valence-corrected chi connectivity index (χ3v) is 3.87. The third kappa shape index (κ3) is 6.27. The summed E-state index contributed by atoms with van der Waals surface area (Å²) in [6.07, 6.45) is 2.25. The van der Waals surface area contributed by atoms with Gasteiger partial charge >= 0.3 is 0 Å². The van der Waals surface area contributed by atoms with Crippen molar-refractivity contribution in [3.8, 4) is 0 Å². The van der Waals surface area contributed by atoms with E-state index < -0.39 is 0 Å². The lowest BCUT2D eigenvalue weighted by molar-refractivity contribution is 0.549. The first-order chi connectivity index (χ1) is 8.61. The zero-order valence-corrected chi connectivity index (χ0v) is 12.6. The van der Waals surface area contributed by atoms with Gasteiger partial charge in [-0.15, -0.1) is 18.3 Å². The third-order valence-electron chi connectivity index (χ3n) is 2.72. The molecule has 0 aliphatic rings. The van der Waals surface area contributed by atoms with Crippen LogP contribution in [0.2, 0.25) is 0 Å². The van der Waals surface area contributed by atoms with Gasteiger partial charge in [-0.3, -0.25) is 0 Å². The van der Waals surface area contributed by atoms with Crippen molar-refractivity contribution >= 4 is 11.8 Å². The minimum Gasteiger partial charge on any atom is -0.313 e. The van der Waals surface area contributed by atoms with Crippen LogP contribution in [0, 0.1) is 6.92 Å². The highest BCUT2D eigenvalue weighted by Crippen LogP contribution is 2.21. The van der Waals surface area contributed by atoms with Gasteiger partial charge in [0.05, 0.1) is 0 Å². The Morgan fingerprint density at radius 2 is 2.22 bits per heavy atom. The SMILES string of the molecule is C=C(C)CC(CSc1cccc(C)c1)NCCC. The minimum absolute atomic E-state index is 0.535. The fourth-order valence-corrected chi connectivity index (χ4v) is 2.93. The summed E-state index contributed by atoms with van der Waals surface area (Å²) < 4.78 is 0. The molecule has 0 aliphatic carbocycles. The highest BCUT2D eigenvalue weighted by molar-refractivity contribution is 7.99. The predicted octanol–water partition coefficient (Wildman–Crippen LogP) is 4.42. The van der Waals surface area contributed by atoms with Crippen LogP contribution >= 0.6 is 11.8 Å². The Bertz CT molecular complexity index is 373. The summed E-state index contributed by atoms with van der Waals surface area (Å²) in [6, 6.07) is 9.25. The van der Waals surface area contributed by atoms with E-state index in [9.17, 15) is 0 Å². The highest BCUT2D eigenvalue weighted by atomic mass is 32.2. The minimum atomic E-state index is 0.535. The maximum absolute atomic E-state index is 4.02. The van der Waals surface area contributed by atoms with Gasteiger partial charge in [0.1, 0.15) is 0 Å². The lowest BCUT2D eigenvalue weighted by Crippen LogP contribution is -2.32. The summed E-state index contributed by atoms with van der Waals surface area (Å²) in [6.45, 7) is 11.6. The number of thioether (sulfide) groups is 1. The van der Waals surface area contributed by atoms with Gasteiger partial charge in [0.25, 0.3) is 0 Å². The van der Waals surface area contributed by atoms with Crippen molar-refractivity contribution in [2.24, 2.45) is 0 Å². The van der Waals surface area contributed by atoms with Crippen LogP contribution in [-0.4, -0.2) is 18.3 Å². The van der Waals surface area contributed by atoms with Crippen molar-refractivity contribution < 1.29 is 0 Å². The molecule has 1 N–H and O–H groups in total. The lowest BCUT2D eigenvalue weighted by atomic mass is 10.1. The molecule has 1 atom stereocenters. The predicted molar refractivity (Wildman–Crippen MR) is 83.4 cm³/mol. The van der Waals surface area contributed by atoms with E-state index in [1.54, 1.807) is 0 Å². The molecule has 0 fully saturated rings. The fraction of sp³-hybridized carbons (Fsp3) is 0.500. The largest absolute Gasteiger partial charge is 0.313 e. The molecular formula is C16H25NS. The number of benzene rings is 1. The van der Waals surface area contributed by atoms with Gasteiger partial charge < -0.3 is 5.32 Å². The van der Waals surface area contributed by atoms with Gasteiger partial charge in [-0.2, -0.15) is 0 Å². The molecule has 0 aliphatic heterocycles. The summed E-state index contributed by atoms with van der Waals surface area (Å²) in [5.74, 6) is 1.11. The Balaban J connectivity index is 2.47. The molecule has 0 saturated heterocycles. The van der Waals surface area contributed by atoms with Crippen molar-refractivity contribution in [1.82, 2.24) is 5.32 Å². The topological polar surface area (TPSA) is 12.0 Å². The number of aryl methyl sites for hydroxylation is 1. The second-order valence-corrected chi connectivity index (χ2v) is 6.03. The van der Waals surface area contributed by atoms with E-state index in [4.69, 9.17) is 0 Å². The smallest absolute Gasteiger partial charge is 0.0198 e. The summed E-state index contributed by atoms with van der Waals surface area (Å²) in [4.78, 5) is 1.36. The molecule has 100 valence electrons. The van der Waals surface area contributed by atoms with Crippen LogP contribution in [0.25, 0.3) is 0 Å². The van der Waals surface area contributed by atoms with Crippen LogP contribution in [0.15, 0.2) is 41.3 Å². The molecule has 0 bridgehead atoms. The molecule has 1 rings (SSSR count). The van der Waals surface area contributed by atoms with Crippen LogP contribution in [0.1, 0.15) is 32.3 Å². The molecule has 1 nitrogen and oxygen atoms in total. The van der Waals surface area contributed by atoms with Gasteiger partial charge in [-0.05, 0) is 45.4 Å². The number of hydrogen-bond donors (Lipinski definition) is 1. The summed E-state index contributed by atoms with van der Waals surface area (Å²) in [7, 11) is 0. The van der Waals surface area contributed by atoms with Gasteiger partial charge in [-0.1, -0.05) is 30.2 Å². The van der Waals surface area contributed by atoms with Gasteiger partial charge in [0.2, 0.25) is 0 Å². The molecule has 2 heteroatoms. The molecule has 0 amide bonds. The van der Waals surface area contributed by atoms with Gasteiger partial charge in [0, 0.05) is 16.7 Å². The van der Waals surface area contributed by atoms with Crippen molar-refractivity contribution in [3.05, 3.63) is 42.0 Å². The Labute approximate surface area is 116 Å². The maximum atomic E-state index is 4.02. The van der Waals surface area contributed by atoms with Crippen molar-refractivity contribution in [2.45, 2.75) is 44.6 Å². The molecule has 0 saturated carbocycles. The first-order valence-electron chi connectivity index (χ1n) is 6.69. The second kappa shape index (κ2) is 8.39. The molecule has 18 heavy (non-hydrogen) atoms. The van der Waals surface area contributed by atoms with Crippen LogP contribution in [0.3, 0.4) is 0 Å². The molecule has 1 aromatic rings. The number of hydrogen-bond acceptors (Lipinski definition) is 2. The monoisotopic (exact) mass is 263 g/mol. The molecule has 1 aromatic carbocycles. The van der Waals surface area contributed by atoms with Crippen molar-refractivity contribution in [3.63, 3.8) is 0 Å². The Morgan fingerprint density at radius 3 is 2.83 bits per heavy atom. The Hall–Kier alpha value is -0.730. The zero-order chi connectivity index (χ0) is 13.4. The van der Waals surface area contributed by atoms with Gasteiger partial charge in [-0.25, -0.2) is 0 Å². The van der Waals surface area contributed by atoms with E-state index in [0.717, 1.165) is 18.7 Å².